The summed E-state index contributed by atoms with van der Waals surface area (Å²) in [4.78, 5) is 0. The molecule has 0 aromatic rings. The molecular weight excluding hydrogens is 332 g/mol. The zero-order valence-electron chi connectivity index (χ0n) is 18.4. The van der Waals surface area contributed by atoms with Gasteiger partial charge in [-0.2, -0.15) is 0 Å². The van der Waals surface area contributed by atoms with Crippen LogP contribution in [-0.2, 0) is 9.47 Å². The standard InChI is InChI=1S/C25H42O2/c1-17(2)16-24(18(3)4)20-10-13-21(14-11-20)27-25(26-5)23-15-12-19-8-6-7-9-22(19)23/h10,13,17-19,22-25H,6-9,11-12,14-16H2,1-5H3. The predicted octanol–water partition coefficient (Wildman–Crippen LogP) is 7.11. The molecule has 2 saturated carbocycles. The molecule has 5 unspecified atom stereocenters. The molecule has 3 aliphatic carbocycles. The van der Waals surface area contributed by atoms with E-state index in [1.165, 1.54) is 44.9 Å². The zero-order chi connectivity index (χ0) is 19.4. The Kier molecular flexibility index (Phi) is 7.48. The Morgan fingerprint density at radius 1 is 0.963 bits per heavy atom. The SMILES string of the molecule is COC(OC1=CC=C(C(CC(C)C)C(C)C)CC1)C1CCC2CCCCC21. The number of hydrogen-bond acceptors (Lipinski definition) is 2. The maximum atomic E-state index is 6.44. The van der Waals surface area contributed by atoms with E-state index in [-0.39, 0.29) is 6.29 Å². The molecule has 0 aromatic carbocycles. The molecular formula is C25H42O2. The Morgan fingerprint density at radius 3 is 2.37 bits per heavy atom. The molecule has 0 aromatic heterocycles. The second-order valence-corrected chi connectivity index (χ2v) is 10.0. The van der Waals surface area contributed by atoms with Crippen molar-refractivity contribution in [1.82, 2.24) is 0 Å². The van der Waals surface area contributed by atoms with E-state index in [9.17, 15) is 0 Å². The molecule has 0 bridgehead atoms. The lowest BCUT2D eigenvalue weighted by Crippen LogP contribution is -2.32. The van der Waals surface area contributed by atoms with Crippen LogP contribution in [0.15, 0.2) is 23.5 Å². The fourth-order valence-electron chi connectivity index (χ4n) is 5.98. The minimum absolute atomic E-state index is 0.0455. The molecule has 0 saturated heterocycles. The monoisotopic (exact) mass is 374 g/mol. The van der Waals surface area contributed by atoms with Crippen LogP contribution in [0.1, 0.15) is 85.5 Å². The summed E-state index contributed by atoms with van der Waals surface area (Å²) >= 11 is 0. The van der Waals surface area contributed by atoms with Crippen LogP contribution in [0.3, 0.4) is 0 Å². The van der Waals surface area contributed by atoms with Crippen molar-refractivity contribution in [3.05, 3.63) is 23.5 Å². The number of ether oxygens (including phenoxy) is 2. The summed E-state index contributed by atoms with van der Waals surface area (Å²) in [7, 11) is 1.84. The Hall–Kier alpha value is -0.760. The summed E-state index contributed by atoms with van der Waals surface area (Å²) < 4.78 is 12.3. The Labute approximate surface area is 167 Å². The van der Waals surface area contributed by atoms with Gasteiger partial charge < -0.3 is 9.47 Å². The van der Waals surface area contributed by atoms with Gasteiger partial charge in [0.15, 0.2) is 0 Å². The maximum absolute atomic E-state index is 6.44. The summed E-state index contributed by atoms with van der Waals surface area (Å²) in [5.41, 5.74) is 1.62. The van der Waals surface area contributed by atoms with Gasteiger partial charge in [0.05, 0.1) is 5.76 Å². The normalized spacial score (nSPS) is 30.7. The molecule has 2 heteroatoms. The lowest BCUT2D eigenvalue weighted by molar-refractivity contribution is -0.143. The lowest BCUT2D eigenvalue weighted by Gasteiger charge is -2.34. The predicted molar refractivity (Wildman–Crippen MR) is 113 cm³/mol. The first-order valence-electron chi connectivity index (χ1n) is 11.6. The maximum Gasteiger partial charge on any atom is 0.202 e. The van der Waals surface area contributed by atoms with Crippen molar-refractivity contribution in [2.45, 2.75) is 91.8 Å². The first-order valence-corrected chi connectivity index (χ1v) is 11.6. The molecule has 0 aliphatic heterocycles. The van der Waals surface area contributed by atoms with E-state index in [0.29, 0.717) is 17.8 Å². The summed E-state index contributed by atoms with van der Waals surface area (Å²) in [5, 5.41) is 0. The van der Waals surface area contributed by atoms with E-state index in [0.717, 1.165) is 36.4 Å². The van der Waals surface area contributed by atoms with Crippen molar-refractivity contribution < 1.29 is 9.47 Å². The van der Waals surface area contributed by atoms with Crippen LogP contribution in [0.2, 0.25) is 0 Å². The second-order valence-electron chi connectivity index (χ2n) is 10.0. The largest absolute Gasteiger partial charge is 0.469 e. The minimum atomic E-state index is -0.0455. The molecule has 3 aliphatic rings. The highest BCUT2D eigenvalue weighted by Gasteiger charge is 2.42. The minimum Gasteiger partial charge on any atom is -0.469 e. The fourth-order valence-corrected chi connectivity index (χ4v) is 5.98. The van der Waals surface area contributed by atoms with Crippen molar-refractivity contribution >= 4 is 0 Å². The van der Waals surface area contributed by atoms with Crippen LogP contribution < -0.4 is 0 Å². The van der Waals surface area contributed by atoms with Crippen LogP contribution in [-0.4, -0.2) is 13.4 Å². The number of allylic oxidation sites excluding steroid dienone is 4. The van der Waals surface area contributed by atoms with Crippen molar-refractivity contribution in [3.8, 4) is 0 Å². The molecule has 0 radical (unpaired) electrons. The van der Waals surface area contributed by atoms with Crippen LogP contribution >= 0.6 is 0 Å². The van der Waals surface area contributed by atoms with E-state index in [1.807, 2.05) is 7.11 Å². The van der Waals surface area contributed by atoms with Crippen molar-refractivity contribution in [2.24, 2.45) is 35.5 Å². The van der Waals surface area contributed by atoms with Gasteiger partial charge in [-0.05, 0) is 67.8 Å². The average Bonchev–Trinajstić information content (AvgIpc) is 3.08. The van der Waals surface area contributed by atoms with E-state index in [2.05, 4.69) is 39.8 Å². The highest BCUT2D eigenvalue weighted by Crippen LogP contribution is 2.48. The molecule has 2 fully saturated rings. The molecule has 0 amide bonds. The van der Waals surface area contributed by atoms with Gasteiger partial charge in [-0.3, -0.25) is 0 Å². The highest BCUT2D eigenvalue weighted by molar-refractivity contribution is 5.23. The Balaban J connectivity index is 1.63. The Morgan fingerprint density at radius 2 is 1.74 bits per heavy atom. The third kappa shape index (κ3) is 5.19. The number of methoxy groups -OCH3 is 1. The van der Waals surface area contributed by atoms with Gasteiger partial charge in [-0.15, -0.1) is 0 Å². The van der Waals surface area contributed by atoms with E-state index >= 15 is 0 Å². The molecule has 154 valence electrons. The number of rotatable bonds is 8. The summed E-state index contributed by atoms with van der Waals surface area (Å²) in [6, 6.07) is 0. The molecule has 27 heavy (non-hydrogen) atoms. The molecule has 5 atom stereocenters. The van der Waals surface area contributed by atoms with Crippen molar-refractivity contribution in [1.29, 1.82) is 0 Å². The van der Waals surface area contributed by atoms with Crippen LogP contribution in [0.25, 0.3) is 0 Å². The summed E-state index contributed by atoms with van der Waals surface area (Å²) in [5.74, 6) is 5.66. The number of hydrogen-bond donors (Lipinski definition) is 0. The molecule has 2 nitrogen and oxygen atoms in total. The summed E-state index contributed by atoms with van der Waals surface area (Å²) in [6.45, 7) is 9.41. The van der Waals surface area contributed by atoms with Crippen molar-refractivity contribution in [3.63, 3.8) is 0 Å². The first kappa shape index (κ1) is 21.0. The first-order chi connectivity index (χ1) is 13.0. The number of fused-ring (bicyclic) bond motifs is 1. The third-order valence-corrected chi connectivity index (χ3v) is 7.39. The Bertz CT molecular complexity index is 530. The highest BCUT2D eigenvalue weighted by atomic mass is 16.7. The average molecular weight is 375 g/mol. The second kappa shape index (κ2) is 9.63. The quantitative estimate of drug-likeness (QED) is 0.421. The topological polar surface area (TPSA) is 18.5 Å². The molecule has 0 heterocycles. The van der Waals surface area contributed by atoms with Gasteiger partial charge in [0, 0.05) is 19.4 Å². The lowest BCUT2D eigenvalue weighted by atomic mass is 9.78. The van der Waals surface area contributed by atoms with E-state index in [1.54, 1.807) is 5.57 Å². The van der Waals surface area contributed by atoms with Crippen LogP contribution in [0, 0.1) is 35.5 Å². The zero-order valence-corrected chi connectivity index (χ0v) is 18.4. The molecule has 0 spiro atoms. The van der Waals surface area contributed by atoms with E-state index < -0.39 is 0 Å². The van der Waals surface area contributed by atoms with Gasteiger partial charge in [-0.1, -0.05) is 58.6 Å². The van der Waals surface area contributed by atoms with Crippen LogP contribution in [0.4, 0.5) is 0 Å². The van der Waals surface area contributed by atoms with Gasteiger partial charge in [-0.25, -0.2) is 0 Å². The van der Waals surface area contributed by atoms with Gasteiger partial charge >= 0.3 is 0 Å². The fraction of sp³-hybridized carbons (Fsp3) is 0.840. The van der Waals surface area contributed by atoms with Gasteiger partial charge in [0.2, 0.25) is 6.29 Å². The van der Waals surface area contributed by atoms with Crippen LogP contribution in [0.5, 0.6) is 0 Å². The smallest absolute Gasteiger partial charge is 0.202 e. The van der Waals surface area contributed by atoms with Gasteiger partial charge in [0.1, 0.15) is 0 Å². The van der Waals surface area contributed by atoms with Gasteiger partial charge in [0.25, 0.3) is 0 Å². The third-order valence-electron chi connectivity index (χ3n) is 7.39. The molecule has 3 rings (SSSR count). The van der Waals surface area contributed by atoms with Crippen molar-refractivity contribution in [2.75, 3.05) is 7.11 Å². The molecule has 0 N–H and O–H groups in total. The summed E-state index contributed by atoms with van der Waals surface area (Å²) in [6.07, 6.45) is 16.3. The van der Waals surface area contributed by atoms with E-state index in [4.69, 9.17) is 9.47 Å².